The second-order valence-electron chi connectivity index (χ2n) is 19.0. The number of allylic oxidation sites excluding steroid dienone is 18. The lowest BCUT2D eigenvalue weighted by atomic mass is 10.0. The molecule has 0 fully saturated rings. The highest BCUT2D eigenvalue weighted by Gasteiger charge is 2.24. The average molecular weight is 959 g/mol. The number of amides is 1. The lowest BCUT2D eigenvalue weighted by Crippen LogP contribution is -2.46. The van der Waals surface area contributed by atoms with E-state index in [0.29, 0.717) is 19.3 Å². The van der Waals surface area contributed by atoms with Gasteiger partial charge in [-0.1, -0.05) is 259 Å². The fourth-order valence-corrected chi connectivity index (χ4v) is 8.10. The molecule has 0 heterocycles. The van der Waals surface area contributed by atoms with Gasteiger partial charge >= 0.3 is 5.97 Å². The van der Waals surface area contributed by atoms with Crippen molar-refractivity contribution in [3.63, 3.8) is 0 Å². The summed E-state index contributed by atoms with van der Waals surface area (Å²) in [6.45, 7) is 6.34. The van der Waals surface area contributed by atoms with Crippen LogP contribution in [0.15, 0.2) is 109 Å². The van der Waals surface area contributed by atoms with Gasteiger partial charge in [0.15, 0.2) is 0 Å². The van der Waals surface area contributed by atoms with Crippen molar-refractivity contribution in [2.75, 3.05) is 6.61 Å². The molecule has 0 saturated carbocycles. The number of rotatable bonds is 50. The average Bonchev–Trinajstić information content (AvgIpc) is 3.34. The van der Waals surface area contributed by atoms with Gasteiger partial charge in [0.1, 0.15) is 6.10 Å². The summed E-state index contributed by atoms with van der Waals surface area (Å²) in [4.78, 5) is 26.2. The van der Waals surface area contributed by atoms with Crippen molar-refractivity contribution in [3.05, 3.63) is 109 Å². The van der Waals surface area contributed by atoms with Crippen molar-refractivity contribution in [2.45, 2.75) is 270 Å². The SMILES string of the molecule is CC/C=C\C/C=C\C/C=C\C/C=C\C/C=C\C/C=C\CCC(=O)OC(CCCCC/C=C/C=C/C=C/CCCCCCC)CC(=O)NC(CO)C(O)CCCCCCCCCCCCCCCCC. The van der Waals surface area contributed by atoms with Gasteiger partial charge in [0, 0.05) is 6.42 Å². The molecule has 394 valence electrons. The summed E-state index contributed by atoms with van der Waals surface area (Å²) in [7, 11) is 0. The van der Waals surface area contributed by atoms with E-state index in [4.69, 9.17) is 4.74 Å². The first kappa shape index (κ1) is 65.5. The Labute approximate surface area is 426 Å². The van der Waals surface area contributed by atoms with Gasteiger partial charge in [-0.25, -0.2) is 0 Å². The number of ether oxygens (including phenoxy) is 1. The Morgan fingerprint density at radius 2 is 0.841 bits per heavy atom. The van der Waals surface area contributed by atoms with Gasteiger partial charge in [0.2, 0.25) is 5.91 Å². The molecule has 0 aliphatic carbocycles. The molecule has 69 heavy (non-hydrogen) atoms. The van der Waals surface area contributed by atoms with Crippen LogP contribution in [0.3, 0.4) is 0 Å². The summed E-state index contributed by atoms with van der Waals surface area (Å²) in [5.74, 6) is -0.612. The molecule has 0 bridgehead atoms. The molecular formula is C63H107NO5. The maximum absolute atomic E-state index is 13.3. The van der Waals surface area contributed by atoms with Gasteiger partial charge in [-0.2, -0.15) is 0 Å². The van der Waals surface area contributed by atoms with E-state index in [2.05, 4.69) is 129 Å². The summed E-state index contributed by atoms with van der Waals surface area (Å²) in [6.07, 6.45) is 75.9. The van der Waals surface area contributed by atoms with Crippen molar-refractivity contribution in [1.82, 2.24) is 5.32 Å². The summed E-state index contributed by atoms with van der Waals surface area (Å²) in [5.41, 5.74) is 0. The predicted octanol–water partition coefficient (Wildman–Crippen LogP) is 17.8. The fraction of sp³-hybridized carbons (Fsp3) is 0.683. The largest absolute Gasteiger partial charge is 0.462 e. The number of carbonyl (C=O) groups excluding carboxylic acids is 2. The maximum Gasteiger partial charge on any atom is 0.306 e. The molecule has 3 N–H and O–H groups in total. The zero-order valence-corrected chi connectivity index (χ0v) is 44.9. The Morgan fingerprint density at radius 3 is 1.29 bits per heavy atom. The normalized spacial score (nSPS) is 14.0. The molecule has 6 nitrogen and oxygen atoms in total. The summed E-state index contributed by atoms with van der Waals surface area (Å²) in [5, 5.41) is 23.9. The van der Waals surface area contributed by atoms with Crippen molar-refractivity contribution < 1.29 is 24.5 Å². The second-order valence-corrected chi connectivity index (χ2v) is 19.0. The third-order valence-electron chi connectivity index (χ3n) is 12.4. The number of carbonyl (C=O) groups is 2. The Balaban J connectivity index is 4.76. The van der Waals surface area contributed by atoms with Crippen LogP contribution in [-0.2, 0) is 14.3 Å². The Morgan fingerprint density at radius 1 is 0.449 bits per heavy atom. The summed E-state index contributed by atoms with van der Waals surface area (Å²) < 4.78 is 5.90. The molecule has 0 saturated heterocycles. The first-order chi connectivity index (χ1) is 34.0. The highest BCUT2D eigenvalue weighted by Crippen LogP contribution is 2.17. The minimum absolute atomic E-state index is 0.0186. The van der Waals surface area contributed by atoms with Gasteiger partial charge in [-0.15, -0.1) is 0 Å². The van der Waals surface area contributed by atoms with Crippen molar-refractivity contribution in [3.8, 4) is 0 Å². The van der Waals surface area contributed by atoms with Crippen molar-refractivity contribution in [1.29, 1.82) is 0 Å². The molecule has 0 aromatic heterocycles. The van der Waals surface area contributed by atoms with E-state index >= 15 is 0 Å². The van der Waals surface area contributed by atoms with Crippen LogP contribution in [0.2, 0.25) is 0 Å². The molecule has 6 heteroatoms. The third kappa shape index (κ3) is 50.7. The van der Waals surface area contributed by atoms with Gasteiger partial charge in [0.05, 0.1) is 25.2 Å². The quantitative estimate of drug-likeness (QED) is 0.0244. The minimum atomic E-state index is -0.817. The van der Waals surface area contributed by atoms with Gasteiger partial charge < -0.3 is 20.3 Å². The molecule has 3 unspecified atom stereocenters. The first-order valence-electron chi connectivity index (χ1n) is 28.6. The Hall–Kier alpha value is -3.48. The van der Waals surface area contributed by atoms with Crippen molar-refractivity contribution in [2.24, 2.45) is 0 Å². The zero-order chi connectivity index (χ0) is 50.2. The van der Waals surface area contributed by atoms with Crippen LogP contribution in [-0.4, -0.2) is 46.9 Å². The van der Waals surface area contributed by atoms with E-state index < -0.39 is 18.2 Å². The molecule has 1 amide bonds. The van der Waals surface area contributed by atoms with E-state index in [1.54, 1.807) is 0 Å². The standard InChI is InChI=1S/C63H107NO5/c1-4-7-10-13-16-19-22-25-28-30-31-32-35-38-41-44-47-50-53-56-63(68)69-59(54-51-48-45-42-39-36-34-29-26-23-20-17-14-11-8-5-2)57-62(67)64-60(58-65)61(66)55-52-49-46-43-40-37-33-27-24-21-18-15-12-9-6-3/h7,10,16,19,23,25-26,28-29,31-32,34,36,38-39,41,47,50,59-61,65-66H,4-6,8-9,11-15,17-18,20-22,24,27,30,33,35,37,40,42-46,48-49,51-58H2,1-3H3,(H,64,67)/b10-7-,19-16-,26-23+,28-25-,32-31-,34-29+,39-36+,41-38-,50-47-. The minimum Gasteiger partial charge on any atom is -0.462 e. The number of hydrogen-bond donors (Lipinski definition) is 3. The highest BCUT2D eigenvalue weighted by atomic mass is 16.5. The van der Waals surface area contributed by atoms with Gasteiger partial charge in [-0.3, -0.25) is 9.59 Å². The predicted molar refractivity (Wildman–Crippen MR) is 300 cm³/mol. The monoisotopic (exact) mass is 958 g/mol. The smallest absolute Gasteiger partial charge is 0.306 e. The molecule has 0 spiro atoms. The van der Waals surface area contributed by atoms with Crippen LogP contribution >= 0.6 is 0 Å². The zero-order valence-electron chi connectivity index (χ0n) is 44.9. The second kappa shape index (κ2) is 55.4. The van der Waals surface area contributed by atoms with Crippen LogP contribution in [0.25, 0.3) is 0 Å². The number of hydrogen-bond acceptors (Lipinski definition) is 5. The summed E-state index contributed by atoms with van der Waals surface area (Å²) in [6, 6.07) is -0.736. The molecule has 3 atom stereocenters. The molecule has 0 rings (SSSR count). The molecule has 0 aliphatic heterocycles. The molecule has 0 aromatic carbocycles. The fourth-order valence-electron chi connectivity index (χ4n) is 8.10. The van der Waals surface area contributed by atoms with Crippen LogP contribution in [0, 0.1) is 0 Å². The lowest BCUT2D eigenvalue weighted by Gasteiger charge is -2.24. The first-order valence-corrected chi connectivity index (χ1v) is 28.6. The van der Waals surface area contributed by atoms with Crippen molar-refractivity contribution >= 4 is 11.9 Å². The van der Waals surface area contributed by atoms with Crippen LogP contribution in [0.4, 0.5) is 0 Å². The Kier molecular flexibility index (Phi) is 52.7. The van der Waals surface area contributed by atoms with E-state index in [1.165, 1.54) is 109 Å². The maximum atomic E-state index is 13.3. The lowest BCUT2D eigenvalue weighted by molar-refractivity contribution is -0.150. The molecular weight excluding hydrogens is 851 g/mol. The van der Waals surface area contributed by atoms with Crippen LogP contribution < -0.4 is 5.32 Å². The van der Waals surface area contributed by atoms with E-state index in [9.17, 15) is 19.8 Å². The number of aliphatic hydroxyl groups is 2. The molecule has 0 aliphatic rings. The number of unbranched alkanes of at least 4 members (excludes halogenated alkanes) is 22. The van der Waals surface area contributed by atoms with Crippen LogP contribution in [0.1, 0.15) is 252 Å². The van der Waals surface area contributed by atoms with E-state index in [-0.39, 0.29) is 31.3 Å². The summed E-state index contributed by atoms with van der Waals surface area (Å²) >= 11 is 0. The third-order valence-corrected chi connectivity index (χ3v) is 12.4. The topological polar surface area (TPSA) is 95.9 Å². The van der Waals surface area contributed by atoms with Gasteiger partial charge in [0.25, 0.3) is 0 Å². The Bertz CT molecular complexity index is 1400. The molecule has 0 radical (unpaired) electrons. The molecule has 0 aromatic rings. The van der Waals surface area contributed by atoms with Crippen LogP contribution in [0.5, 0.6) is 0 Å². The number of aliphatic hydroxyl groups excluding tert-OH is 2. The highest BCUT2D eigenvalue weighted by molar-refractivity contribution is 5.77. The number of esters is 1. The van der Waals surface area contributed by atoms with E-state index in [0.717, 1.165) is 89.9 Å². The van der Waals surface area contributed by atoms with E-state index in [1.807, 2.05) is 6.08 Å². The van der Waals surface area contributed by atoms with Gasteiger partial charge in [-0.05, 0) is 89.9 Å². The number of nitrogens with one attached hydrogen (secondary N) is 1.